The van der Waals surface area contributed by atoms with E-state index < -0.39 is 44.3 Å². The first-order valence-corrected chi connectivity index (χ1v) is 10.8. The molecular weight excluding hydrogens is 504 g/mol. The third kappa shape index (κ3) is 4.50. The fourth-order valence-electron chi connectivity index (χ4n) is 3.33. The Balaban J connectivity index is 1.85. The summed E-state index contributed by atoms with van der Waals surface area (Å²) in [6, 6.07) is 5.18. The maximum atomic E-state index is 14.1. The summed E-state index contributed by atoms with van der Waals surface area (Å²) in [4.78, 5) is 12.9. The zero-order valence-electron chi connectivity index (χ0n) is 16.9. The Morgan fingerprint density at radius 3 is 2.46 bits per heavy atom. The standard InChI is InChI=1S/C20H11F6N5O3S/c21-19(22,23)17-8-11(4-6-28-17)30-35(33,34)16-9-29-31(18(16)20(24,25)26)15-3-1-2-12-13(15)5-7-27-14(12)10-32/h1-9,27H,(H,28,30). The van der Waals surface area contributed by atoms with Crippen LogP contribution in [0.4, 0.5) is 32.0 Å². The van der Waals surface area contributed by atoms with Crippen LogP contribution in [0.15, 0.2) is 53.8 Å². The van der Waals surface area contributed by atoms with Gasteiger partial charge >= 0.3 is 12.4 Å². The fraction of sp³-hybridized carbons (Fsp3) is 0.100. The Kier molecular flexibility index (Phi) is 5.69. The summed E-state index contributed by atoms with van der Waals surface area (Å²) in [5, 5.41) is 6.19. The van der Waals surface area contributed by atoms with Crippen molar-refractivity contribution in [3.05, 3.63) is 71.4 Å². The van der Waals surface area contributed by atoms with Gasteiger partial charge in [-0.1, -0.05) is 12.1 Å². The van der Waals surface area contributed by atoms with Gasteiger partial charge in [0, 0.05) is 23.5 Å². The van der Waals surface area contributed by atoms with Gasteiger partial charge in [-0.15, -0.1) is 0 Å². The molecule has 0 radical (unpaired) electrons. The lowest BCUT2D eigenvalue weighted by Crippen LogP contribution is -2.22. The van der Waals surface area contributed by atoms with Crippen molar-refractivity contribution >= 4 is 33.4 Å². The van der Waals surface area contributed by atoms with Gasteiger partial charge < -0.3 is 5.32 Å². The summed E-state index contributed by atoms with van der Waals surface area (Å²) in [6.07, 6.45) is -6.44. The van der Waals surface area contributed by atoms with Crippen LogP contribution in [0.2, 0.25) is 0 Å². The molecule has 8 nitrogen and oxygen atoms in total. The van der Waals surface area contributed by atoms with E-state index in [0.29, 0.717) is 23.1 Å². The van der Waals surface area contributed by atoms with Gasteiger partial charge in [0.1, 0.15) is 16.3 Å². The molecule has 4 rings (SSSR count). The topological polar surface area (TPSA) is 106 Å². The zero-order chi connectivity index (χ0) is 25.6. The number of alkyl halides is 6. The summed E-state index contributed by atoms with van der Waals surface area (Å²) >= 11 is 0. The molecule has 3 aromatic rings. The van der Waals surface area contributed by atoms with Crippen LogP contribution in [0, 0.1) is 0 Å². The molecular formula is C20H11F6N5O3S. The summed E-state index contributed by atoms with van der Waals surface area (Å²) in [5.41, 5.74) is -3.74. The highest BCUT2D eigenvalue weighted by atomic mass is 32.2. The minimum Gasteiger partial charge on any atom is -0.352 e. The minimum atomic E-state index is -5.25. The SMILES string of the molecule is O=C=C1NC=Cc2c1cccc2-n1ncc(S(=O)(=O)Nc2ccnc(C(F)(F)F)c2)c1C(F)(F)F. The number of pyridine rings is 1. The quantitative estimate of drug-likeness (QED) is 0.404. The molecule has 0 saturated carbocycles. The van der Waals surface area contributed by atoms with Gasteiger partial charge in [0.25, 0.3) is 10.0 Å². The first kappa shape index (κ1) is 24.0. The van der Waals surface area contributed by atoms with E-state index in [1.807, 2.05) is 0 Å². The molecule has 0 amide bonds. The van der Waals surface area contributed by atoms with E-state index in [1.165, 1.54) is 30.5 Å². The predicted octanol–water partition coefficient (Wildman–Crippen LogP) is 3.85. The van der Waals surface area contributed by atoms with Crippen molar-refractivity contribution in [2.75, 3.05) is 4.72 Å². The molecule has 2 aromatic heterocycles. The average molecular weight is 515 g/mol. The number of carbonyl (C=O) groups excluding carboxylic acids is 1. The molecule has 182 valence electrons. The van der Waals surface area contributed by atoms with Crippen molar-refractivity contribution < 1.29 is 39.6 Å². The Morgan fingerprint density at radius 2 is 1.80 bits per heavy atom. The van der Waals surface area contributed by atoms with Gasteiger partial charge in [-0.2, -0.15) is 31.4 Å². The van der Waals surface area contributed by atoms with E-state index in [0.717, 1.165) is 6.07 Å². The van der Waals surface area contributed by atoms with Crippen molar-refractivity contribution in [2.45, 2.75) is 17.2 Å². The summed E-state index contributed by atoms with van der Waals surface area (Å²) < 4.78 is 109. The van der Waals surface area contributed by atoms with Crippen molar-refractivity contribution in [3.8, 4) is 5.69 Å². The number of benzene rings is 1. The number of aromatic nitrogens is 3. The summed E-state index contributed by atoms with van der Waals surface area (Å²) in [7, 11) is -5.06. The van der Waals surface area contributed by atoms with Crippen LogP contribution in [-0.4, -0.2) is 29.1 Å². The monoisotopic (exact) mass is 515 g/mol. The second-order valence-corrected chi connectivity index (χ2v) is 8.64. The van der Waals surface area contributed by atoms with E-state index >= 15 is 0 Å². The molecule has 0 fully saturated rings. The molecule has 15 heteroatoms. The molecule has 0 bridgehead atoms. The van der Waals surface area contributed by atoms with Crippen LogP contribution in [0.5, 0.6) is 0 Å². The Morgan fingerprint density at radius 1 is 1.06 bits per heavy atom. The molecule has 1 aliphatic rings. The zero-order valence-corrected chi connectivity index (χ0v) is 17.8. The summed E-state index contributed by atoms with van der Waals surface area (Å²) in [5.74, 6) is 1.62. The fourth-order valence-corrected chi connectivity index (χ4v) is 4.52. The largest absolute Gasteiger partial charge is 0.434 e. The maximum Gasteiger partial charge on any atom is 0.434 e. The van der Waals surface area contributed by atoms with E-state index in [-0.39, 0.29) is 22.5 Å². The van der Waals surface area contributed by atoms with Gasteiger partial charge in [-0.05, 0) is 24.3 Å². The molecule has 1 aliphatic heterocycles. The number of fused-ring (bicyclic) bond motifs is 1. The van der Waals surface area contributed by atoms with E-state index in [9.17, 15) is 39.6 Å². The van der Waals surface area contributed by atoms with Crippen LogP contribution in [0.3, 0.4) is 0 Å². The number of anilines is 1. The van der Waals surface area contributed by atoms with Crippen LogP contribution >= 0.6 is 0 Å². The van der Waals surface area contributed by atoms with Gasteiger partial charge in [-0.25, -0.2) is 17.9 Å². The second kappa shape index (κ2) is 8.29. The molecule has 0 unspecified atom stereocenters. The molecule has 3 heterocycles. The molecule has 0 saturated heterocycles. The number of nitrogens with zero attached hydrogens (tertiary/aromatic N) is 3. The maximum absolute atomic E-state index is 14.1. The average Bonchev–Trinajstić information content (AvgIpc) is 3.24. The molecule has 0 atom stereocenters. The lowest BCUT2D eigenvalue weighted by molar-refractivity contribution is -0.145. The second-order valence-electron chi connectivity index (χ2n) is 6.99. The van der Waals surface area contributed by atoms with Crippen molar-refractivity contribution in [1.29, 1.82) is 0 Å². The Hall–Kier alpha value is -4.10. The highest BCUT2D eigenvalue weighted by Crippen LogP contribution is 2.38. The first-order valence-electron chi connectivity index (χ1n) is 9.36. The lowest BCUT2D eigenvalue weighted by Gasteiger charge is -2.19. The normalized spacial score (nSPS) is 13.7. The highest BCUT2D eigenvalue weighted by Gasteiger charge is 2.43. The Bertz CT molecular complexity index is 1500. The number of hydrogen-bond donors (Lipinski definition) is 2. The third-order valence-corrected chi connectivity index (χ3v) is 6.14. The van der Waals surface area contributed by atoms with Crippen molar-refractivity contribution in [3.63, 3.8) is 0 Å². The number of hydrogen-bond acceptors (Lipinski definition) is 6. The van der Waals surface area contributed by atoms with E-state index in [1.54, 1.807) is 10.7 Å². The lowest BCUT2D eigenvalue weighted by atomic mass is 10.0. The highest BCUT2D eigenvalue weighted by molar-refractivity contribution is 7.92. The van der Waals surface area contributed by atoms with Crippen LogP contribution < -0.4 is 10.0 Å². The van der Waals surface area contributed by atoms with Gasteiger partial charge in [-0.3, -0.25) is 9.71 Å². The molecule has 1 aromatic carbocycles. The van der Waals surface area contributed by atoms with Crippen molar-refractivity contribution in [1.82, 2.24) is 20.1 Å². The van der Waals surface area contributed by atoms with Gasteiger partial charge in [0.2, 0.25) is 0 Å². The number of halogens is 6. The molecule has 0 spiro atoms. The minimum absolute atomic E-state index is 0.0577. The summed E-state index contributed by atoms with van der Waals surface area (Å²) in [6.45, 7) is 0. The van der Waals surface area contributed by atoms with Crippen LogP contribution in [0.1, 0.15) is 22.5 Å². The van der Waals surface area contributed by atoms with Gasteiger partial charge in [0.05, 0.1) is 17.6 Å². The molecule has 2 N–H and O–H groups in total. The van der Waals surface area contributed by atoms with E-state index in [2.05, 4.69) is 15.4 Å². The third-order valence-electron chi connectivity index (χ3n) is 4.76. The molecule has 35 heavy (non-hydrogen) atoms. The first-order chi connectivity index (χ1) is 16.3. The number of rotatable bonds is 4. The van der Waals surface area contributed by atoms with Crippen molar-refractivity contribution in [2.24, 2.45) is 0 Å². The van der Waals surface area contributed by atoms with Gasteiger partial charge in [0.15, 0.2) is 11.6 Å². The van der Waals surface area contributed by atoms with Crippen LogP contribution in [-0.2, 0) is 27.2 Å². The van der Waals surface area contributed by atoms with E-state index in [4.69, 9.17) is 0 Å². The predicted molar refractivity (Wildman–Crippen MR) is 110 cm³/mol. The molecule has 0 aliphatic carbocycles. The number of nitrogens with one attached hydrogen (secondary N) is 2. The Labute approximate surface area is 192 Å². The van der Waals surface area contributed by atoms with Crippen LogP contribution in [0.25, 0.3) is 17.5 Å². The number of sulfonamides is 1. The smallest absolute Gasteiger partial charge is 0.352 e.